The second kappa shape index (κ2) is 12.9. The van der Waals surface area contributed by atoms with Crippen LogP contribution in [0.5, 0.6) is 0 Å². The Morgan fingerprint density at radius 1 is 1.02 bits per heavy atom. The van der Waals surface area contributed by atoms with Crippen LogP contribution in [-0.2, 0) is 20.5 Å². The van der Waals surface area contributed by atoms with Gasteiger partial charge in [-0.25, -0.2) is 14.5 Å². The Kier molecular flexibility index (Phi) is 8.99. The first-order chi connectivity index (χ1) is 21.4. The van der Waals surface area contributed by atoms with E-state index in [1.165, 1.54) is 49.8 Å². The lowest BCUT2D eigenvalue weighted by atomic mass is 10.0. The molecule has 1 atom stereocenters. The molecule has 0 unspecified atom stereocenters. The van der Waals surface area contributed by atoms with E-state index in [4.69, 9.17) is 16.3 Å². The van der Waals surface area contributed by atoms with Gasteiger partial charge in [0.15, 0.2) is 5.69 Å². The van der Waals surface area contributed by atoms with Gasteiger partial charge >= 0.3 is 12.1 Å². The van der Waals surface area contributed by atoms with Gasteiger partial charge in [0.1, 0.15) is 6.04 Å². The van der Waals surface area contributed by atoms with Gasteiger partial charge < -0.3 is 15.4 Å². The van der Waals surface area contributed by atoms with Crippen molar-refractivity contribution in [1.29, 1.82) is 0 Å². The van der Waals surface area contributed by atoms with Crippen LogP contribution in [-0.4, -0.2) is 49.4 Å². The van der Waals surface area contributed by atoms with E-state index >= 15 is 0 Å². The number of fused-ring (bicyclic) bond motifs is 1. The van der Waals surface area contributed by atoms with E-state index in [2.05, 4.69) is 25.9 Å². The lowest BCUT2D eigenvalue weighted by molar-refractivity contribution is -0.141. The smallest absolute Gasteiger partial charge is 0.436 e. The molecule has 1 aliphatic rings. The molecule has 1 aliphatic heterocycles. The summed E-state index contributed by atoms with van der Waals surface area (Å²) in [7, 11) is 1.22. The standard InChI is InChI=1S/C29H25ClF3N7O5/c1-45-28(44)16-7-9-19-21(11-16)35-25(41)6-4-2-3-5-23(27(43)36-19)39-15-34-20(13-26(39)42)18-12-17(30)8-10-22(18)40-14-24(37-38-40)29(31,32)33/h7-15,23H,2-6H2,1H3,(H,35,41)(H,36,43)/t23-/m0/s1. The normalized spacial score (nSPS) is 16.1. The van der Waals surface area contributed by atoms with E-state index in [1.54, 1.807) is 0 Å². The molecular weight excluding hydrogens is 619 g/mol. The molecule has 16 heteroatoms. The van der Waals surface area contributed by atoms with Crippen LogP contribution in [0.15, 0.2) is 59.8 Å². The SMILES string of the molecule is COC(=O)c1ccc2c(c1)NC(=O)CCCCC[C@H](n1cnc(-c3cc(Cl)ccc3-n3cc(C(F)(F)F)nn3)cc1=O)C(=O)N2. The van der Waals surface area contributed by atoms with Crippen LogP contribution in [0.2, 0.25) is 5.02 Å². The molecule has 2 N–H and O–H groups in total. The van der Waals surface area contributed by atoms with Crippen molar-refractivity contribution in [2.24, 2.45) is 0 Å². The van der Waals surface area contributed by atoms with Crippen LogP contribution in [0.3, 0.4) is 0 Å². The molecule has 12 nitrogen and oxygen atoms in total. The summed E-state index contributed by atoms with van der Waals surface area (Å²) in [6.07, 6.45) is -0.750. The minimum atomic E-state index is -4.71. The summed E-state index contributed by atoms with van der Waals surface area (Å²) in [5.74, 6) is -1.49. The number of nitrogens with one attached hydrogen (secondary N) is 2. The number of ether oxygens (including phenoxy) is 1. The van der Waals surface area contributed by atoms with Crippen LogP contribution < -0.4 is 16.2 Å². The Bertz CT molecular complexity index is 1840. The number of rotatable bonds is 4. The zero-order valence-electron chi connectivity index (χ0n) is 23.6. The first-order valence-electron chi connectivity index (χ1n) is 13.7. The highest BCUT2D eigenvalue weighted by atomic mass is 35.5. The molecule has 0 saturated carbocycles. The minimum absolute atomic E-state index is 0.0785. The maximum absolute atomic E-state index is 13.6. The van der Waals surface area contributed by atoms with Gasteiger partial charge in [0.05, 0.1) is 48.0 Å². The highest BCUT2D eigenvalue weighted by Gasteiger charge is 2.35. The molecule has 2 aromatic carbocycles. The molecule has 0 fully saturated rings. The number of carbonyl (C=O) groups excluding carboxylic acids is 3. The number of anilines is 2. The maximum Gasteiger partial charge on any atom is 0.436 e. The van der Waals surface area contributed by atoms with Crippen LogP contribution in [0.25, 0.3) is 16.9 Å². The molecule has 45 heavy (non-hydrogen) atoms. The molecule has 4 aromatic rings. The van der Waals surface area contributed by atoms with Crippen molar-refractivity contribution in [3.63, 3.8) is 0 Å². The number of aromatic nitrogens is 5. The first-order valence-corrected chi connectivity index (χ1v) is 14.0. The lowest BCUT2D eigenvalue weighted by Crippen LogP contribution is -2.34. The number of alkyl halides is 3. The first kappa shape index (κ1) is 31.4. The summed E-state index contributed by atoms with van der Waals surface area (Å²) in [5.41, 5.74) is -0.836. The molecule has 2 aromatic heterocycles. The Balaban J connectivity index is 1.50. The predicted octanol–water partition coefficient (Wildman–Crippen LogP) is 5.03. The summed E-state index contributed by atoms with van der Waals surface area (Å²) >= 11 is 6.18. The quantitative estimate of drug-likeness (QED) is 0.294. The number of halogens is 4. The van der Waals surface area contributed by atoms with Crippen LogP contribution in [0.1, 0.15) is 54.2 Å². The summed E-state index contributed by atoms with van der Waals surface area (Å²) in [4.78, 5) is 56.0. The van der Waals surface area contributed by atoms with Crippen LogP contribution in [0.4, 0.5) is 24.5 Å². The van der Waals surface area contributed by atoms with E-state index in [0.717, 1.165) is 15.3 Å². The fourth-order valence-electron chi connectivity index (χ4n) is 4.84. The van der Waals surface area contributed by atoms with Crippen molar-refractivity contribution in [3.05, 3.63) is 81.6 Å². The monoisotopic (exact) mass is 643 g/mol. The number of benzene rings is 2. The number of carbonyl (C=O) groups is 3. The topological polar surface area (TPSA) is 150 Å². The van der Waals surface area contributed by atoms with E-state index < -0.39 is 35.3 Å². The number of amides is 2. The average Bonchev–Trinajstić information content (AvgIpc) is 3.50. The molecule has 3 heterocycles. The van der Waals surface area contributed by atoms with Gasteiger partial charge in [-0.05, 0) is 49.2 Å². The molecule has 0 spiro atoms. The fourth-order valence-corrected chi connectivity index (χ4v) is 5.01. The van der Waals surface area contributed by atoms with Crippen molar-refractivity contribution in [2.75, 3.05) is 17.7 Å². The number of nitrogens with zero attached hydrogens (tertiary/aromatic N) is 5. The van der Waals surface area contributed by atoms with E-state index in [9.17, 15) is 32.3 Å². The highest BCUT2D eigenvalue weighted by Crippen LogP contribution is 2.32. The van der Waals surface area contributed by atoms with Crippen LogP contribution >= 0.6 is 11.6 Å². The fraction of sp³-hybridized carbons (Fsp3) is 0.276. The van der Waals surface area contributed by atoms with Crippen molar-refractivity contribution in [1.82, 2.24) is 24.5 Å². The van der Waals surface area contributed by atoms with Gasteiger partial charge in [0, 0.05) is 23.1 Å². The van der Waals surface area contributed by atoms with Gasteiger partial charge in [-0.2, -0.15) is 13.2 Å². The second-order valence-corrected chi connectivity index (χ2v) is 10.6. The molecule has 5 rings (SSSR count). The molecular formula is C29H25ClF3N7O5. The van der Waals surface area contributed by atoms with Crippen molar-refractivity contribution < 1.29 is 32.3 Å². The molecule has 2 amide bonds. The third-order valence-electron chi connectivity index (χ3n) is 7.09. The third-order valence-corrected chi connectivity index (χ3v) is 7.33. The minimum Gasteiger partial charge on any atom is -0.465 e. The summed E-state index contributed by atoms with van der Waals surface area (Å²) in [6, 6.07) is 8.69. The third kappa shape index (κ3) is 7.03. The Labute approximate surface area is 258 Å². The Hall–Kier alpha value is -5.05. The van der Waals surface area contributed by atoms with E-state index in [-0.39, 0.29) is 57.7 Å². The molecule has 0 radical (unpaired) electrons. The summed E-state index contributed by atoms with van der Waals surface area (Å²) in [6.45, 7) is 0. The average molecular weight is 644 g/mol. The van der Waals surface area contributed by atoms with Crippen molar-refractivity contribution in [3.8, 4) is 16.9 Å². The van der Waals surface area contributed by atoms with Gasteiger partial charge in [-0.15, -0.1) is 5.10 Å². The lowest BCUT2D eigenvalue weighted by Gasteiger charge is -2.22. The number of hydrogen-bond acceptors (Lipinski definition) is 8. The van der Waals surface area contributed by atoms with Crippen molar-refractivity contribution in [2.45, 2.75) is 44.3 Å². The molecule has 0 saturated heterocycles. The zero-order valence-corrected chi connectivity index (χ0v) is 24.4. The predicted molar refractivity (Wildman–Crippen MR) is 156 cm³/mol. The highest BCUT2D eigenvalue weighted by molar-refractivity contribution is 6.31. The van der Waals surface area contributed by atoms with Gasteiger partial charge in [-0.3, -0.25) is 19.0 Å². The largest absolute Gasteiger partial charge is 0.465 e. The zero-order chi connectivity index (χ0) is 32.3. The summed E-state index contributed by atoms with van der Waals surface area (Å²) in [5, 5.41) is 12.4. The van der Waals surface area contributed by atoms with Crippen LogP contribution in [0, 0.1) is 0 Å². The van der Waals surface area contributed by atoms with Crippen molar-refractivity contribution >= 4 is 40.8 Å². The van der Waals surface area contributed by atoms with Gasteiger partial charge in [0.25, 0.3) is 5.56 Å². The number of methoxy groups -OCH3 is 1. The van der Waals surface area contributed by atoms with E-state index in [0.29, 0.717) is 25.5 Å². The number of hydrogen-bond donors (Lipinski definition) is 2. The number of esters is 1. The van der Waals surface area contributed by atoms with Gasteiger partial charge in [0.2, 0.25) is 11.8 Å². The Morgan fingerprint density at radius 3 is 2.53 bits per heavy atom. The summed E-state index contributed by atoms with van der Waals surface area (Å²) < 4.78 is 46.3. The molecule has 0 bridgehead atoms. The molecule has 234 valence electrons. The van der Waals surface area contributed by atoms with E-state index in [1.807, 2.05) is 0 Å². The second-order valence-electron chi connectivity index (χ2n) is 10.1. The Morgan fingerprint density at radius 2 is 1.82 bits per heavy atom. The molecule has 0 aliphatic carbocycles. The van der Waals surface area contributed by atoms with Gasteiger partial charge in [-0.1, -0.05) is 29.7 Å². The maximum atomic E-state index is 13.6.